The first-order valence-corrected chi connectivity index (χ1v) is 5.97. The van der Waals surface area contributed by atoms with Gasteiger partial charge in [0.05, 0.1) is 19.0 Å². The van der Waals surface area contributed by atoms with Gasteiger partial charge in [0.1, 0.15) is 0 Å². The minimum atomic E-state index is 0.354. The molecule has 0 spiro atoms. The molecule has 1 aromatic rings. The molecule has 3 nitrogen and oxygen atoms in total. The Bertz CT molecular complexity index is 307. The highest BCUT2D eigenvalue weighted by Crippen LogP contribution is 2.30. The van der Waals surface area contributed by atoms with Crippen LogP contribution in [0.3, 0.4) is 0 Å². The molecule has 0 saturated carbocycles. The SMILES string of the molecule is COc1cncc(C(C(C)C)C(C)Br)n1. The van der Waals surface area contributed by atoms with E-state index in [0.29, 0.717) is 22.5 Å². The molecule has 0 fully saturated rings. The summed E-state index contributed by atoms with van der Waals surface area (Å²) in [4.78, 5) is 8.93. The Balaban J connectivity index is 3.00. The van der Waals surface area contributed by atoms with Gasteiger partial charge in [-0.2, -0.15) is 0 Å². The molecule has 0 saturated heterocycles. The maximum absolute atomic E-state index is 5.08. The van der Waals surface area contributed by atoms with Crippen molar-refractivity contribution in [2.45, 2.75) is 31.5 Å². The van der Waals surface area contributed by atoms with Crippen LogP contribution in [0.25, 0.3) is 0 Å². The monoisotopic (exact) mass is 272 g/mol. The third-order valence-electron chi connectivity index (χ3n) is 2.39. The number of rotatable bonds is 4. The van der Waals surface area contributed by atoms with E-state index in [4.69, 9.17) is 4.74 Å². The fourth-order valence-corrected chi connectivity index (χ4v) is 2.61. The van der Waals surface area contributed by atoms with Gasteiger partial charge in [-0.05, 0) is 5.92 Å². The topological polar surface area (TPSA) is 35.0 Å². The second-order valence-corrected chi connectivity index (χ2v) is 5.38. The van der Waals surface area contributed by atoms with Crippen LogP contribution in [-0.4, -0.2) is 21.9 Å². The summed E-state index contributed by atoms with van der Waals surface area (Å²) < 4.78 is 5.08. The fraction of sp³-hybridized carbons (Fsp3) is 0.636. The summed E-state index contributed by atoms with van der Waals surface area (Å²) >= 11 is 3.62. The van der Waals surface area contributed by atoms with E-state index in [0.717, 1.165) is 5.69 Å². The molecular weight excluding hydrogens is 256 g/mol. The predicted octanol–water partition coefficient (Wildman–Crippen LogP) is 3.01. The summed E-state index contributed by atoms with van der Waals surface area (Å²) in [6, 6.07) is 0. The smallest absolute Gasteiger partial charge is 0.232 e. The second-order valence-electron chi connectivity index (χ2n) is 3.93. The lowest BCUT2D eigenvalue weighted by atomic mass is 9.90. The standard InChI is InChI=1S/C11H17BrN2O/c1-7(2)11(8(3)12)9-5-13-6-10(14-9)15-4/h5-8,11H,1-4H3. The molecular formula is C11H17BrN2O. The molecule has 0 aliphatic heterocycles. The number of hydrogen-bond acceptors (Lipinski definition) is 3. The summed E-state index contributed by atoms with van der Waals surface area (Å²) in [7, 11) is 1.61. The first kappa shape index (κ1) is 12.4. The van der Waals surface area contributed by atoms with E-state index >= 15 is 0 Å². The normalized spacial score (nSPS) is 15.1. The minimum Gasteiger partial charge on any atom is -0.480 e. The number of ether oxygens (including phenoxy) is 1. The molecule has 0 N–H and O–H groups in total. The van der Waals surface area contributed by atoms with E-state index in [9.17, 15) is 0 Å². The van der Waals surface area contributed by atoms with Crippen molar-refractivity contribution in [3.63, 3.8) is 0 Å². The van der Waals surface area contributed by atoms with E-state index in [-0.39, 0.29) is 0 Å². The zero-order chi connectivity index (χ0) is 11.4. The van der Waals surface area contributed by atoms with Crippen molar-refractivity contribution < 1.29 is 4.74 Å². The Labute approximate surface area is 99.4 Å². The fourth-order valence-electron chi connectivity index (χ4n) is 1.73. The van der Waals surface area contributed by atoms with Crippen LogP contribution in [0.4, 0.5) is 0 Å². The molecule has 0 radical (unpaired) electrons. The van der Waals surface area contributed by atoms with Gasteiger partial charge in [0.25, 0.3) is 0 Å². The lowest BCUT2D eigenvalue weighted by molar-refractivity contribution is 0.388. The molecule has 15 heavy (non-hydrogen) atoms. The van der Waals surface area contributed by atoms with Crippen molar-refractivity contribution in [2.75, 3.05) is 7.11 Å². The van der Waals surface area contributed by atoms with Crippen LogP contribution in [0, 0.1) is 5.92 Å². The van der Waals surface area contributed by atoms with E-state index in [2.05, 4.69) is 46.7 Å². The molecule has 0 aliphatic rings. The molecule has 1 heterocycles. The Morgan fingerprint density at radius 2 is 1.93 bits per heavy atom. The number of halogens is 1. The van der Waals surface area contributed by atoms with Crippen LogP contribution < -0.4 is 4.74 Å². The zero-order valence-electron chi connectivity index (χ0n) is 9.57. The molecule has 1 aromatic heterocycles. The molecule has 0 bridgehead atoms. The summed E-state index contributed by atoms with van der Waals surface area (Å²) in [6.07, 6.45) is 3.44. The van der Waals surface area contributed by atoms with E-state index in [1.807, 2.05) is 6.20 Å². The van der Waals surface area contributed by atoms with Gasteiger partial charge in [-0.1, -0.05) is 36.7 Å². The summed E-state index contributed by atoms with van der Waals surface area (Å²) in [5, 5.41) is 0. The van der Waals surface area contributed by atoms with E-state index in [1.54, 1.807) is 13.3 Å². The average Bonchev–Trinajstić information content (AvgIpc) is 2.17. The van der Waals surface area contributed by atoms with Gasteiger partial charge in [-0.3, -0.25) is 4.98 Å². The Morgan fingerprint density at radius 1 is 1.27 bits per heavy atom. The van der Waals surface area contributed by atoms with Crippen molar-refractivity contribution in [3.05, 3.63) is 18.1 Å². The first-order valence-electron chi connectivity index (χ1n) is 5.06. The van der Waals surface area contributed by atoms with Gasteiger partial charge in [0.15, 0.2) is 0 Å². The molecule has 2 atom stereocenters. The van der Waals surface area contributed by atoms with Crippen LogP contribution >= 0.6 is 15.9 Å². The van der Waals surface area contributed by atoms with Crippen molar-refractivity contribution >= 4 is 15.9 Å². The molecule has 0 aromatic carbocycles. The summed E-state index contributed by atoms with van der Waals surface area (Å²) in [5.41, 5.74) is 0.980. The maximum atomic E-state index is 5.08. The Morgan fingerprint density at radius 3 is 2.40 bits per heavy atom. The molecule has 0 aliphatic carbocycles. The van der Waals surface area contributed by atoms with Gasteiger partial charge in [0.2, 0.25) is 5.88 Å². The minimum absolute atomic E-state index is 0.354. The second kappa shape index (κ2) is 5.45. The maximum Gasteiger partial charge on any atom is 0.232 e. The third kappa shape index (κ3) is 3.16. The largest absolute Gasteiger partial charge is 0.480 e. The van der Waals surface area contributed by atoms with Gasteiger partial charge >= 0.3 is 0 Å². The van der Waals surface area contributed by atoms with Crippen molar-refractivity contribution in [3.8, 4) is 5.88 Å². The van der Waals surface area contributed by atoms with Crippen molar-refractivity contribution in [2.24, 2.45) is 5.92 Å². The highest BCUT2D eigenvalue weighted by molar-refractivity contribution is 9.09. The van der Waals surface area contributed by atoms with Crippen LogP contribution in [0.2, 0.25) is 0 Å². The molecule has 4 heteroatoms. The summed E-state index contributed by atoms with van der Waals surface area (Å²) in [6.45, 7) is 6.50. The van der Waals surface area contributed by atoms with E-state index < -0.39 is 0 Å². The van der Waals surface area contributed by atoms with Crippen molar-refractivity contribution in [1.29, 1.82) is 0 Å². The van der Waals surface area contributed by atoms with Crippen LogP contribution in [0.5, 0.6) is 5.88 Å². The lowest BCUT2D eigenvalue weighted by Crippen LogP contribution is -2.17. The average molecular weight is 273 g/mol. The van der Waals surface area contributed by atoms with Gasteiger partial charge in [-0.25, -0.2) is 4.98 Å². The lowest BCUT2D eigenvalue weighted by Gasteiger charge is -2.22. The third-order valence-corrected chi connectivity index (χ3v) is 2.96. The molecule has 84 valence electrons. The van der Waals surface area contributed by atoms with Gasteiger partial charge in [0, 0.05) is 16.9 Å². The van der Waals surface area contributed by atoms with Crippen LogP contribution in [-0.2, 0) is 0 Å². The predicted molar refractivity (Wildman–Crippen MR) is 64.6 cm³/mol. The Hall–Kier alpha value is -0.640. The molecule has 1 rings (SSSR count). The Kier molecular flexibility index (Phi) is 4.51. The molecule has 2 unspecified atom stereocenters. The van der Waals surface area contributed by atoms with Crippen molar-refractivity contribution in [1.82, 2.24) is 9.97 Å². The zero-order valence-corrected chi connectivity index (χ0v) is 11.2. The quantitative estimate of drug-likeness (QED) is 0.791. The number of hydrogen-bond donors (Lipinski definition) is 0. The number of aromatic nitrogens is 2. The van der Waals surface area contributed by atoms with E-state index in [1.165, 1.54) is 0 Å². The number of nitrogens with zero attached hydrogens (tertiary/aromatic N) is 2. The first-order chi connectivity index (χ1) is 7.06. The van der Waals surface area contributed by atoms with Crippen LogP contribution in [0.1, 0.15) is 32.4 Å². The highest BCUT2D eigenvalue weighted by atomic mass is 79.9. The molecule has 0 amide bonds. The number of methoxy groups -OCH3 is 1. The van der Waals surface area contributed by atoms with Gasteiger partial charge < -0.3 is 4.74 Å². The summed E-state index contributed by atoms with van der Waals surface area (Å²) in [5.74, 6) is 1.44. The highest BCUT2D eigenvalue weighted by Gasteiger charge is 2.22. The number of alkyl halides is 1. The van der Waals surface area contributed by atoms with Gasteiger partial charge in [-0.15, -0.1) is 0 Å². The van der Waals surface area contributed by atoms with Crippen LogP contribution in [0.15, 0.2) is 12.4 Å².